The average molecular weight is 323 g/mol. The van der Waals surface area contributed by atoms with Crippen LogP contribution in [0.3, 0.4) is 0 Å². The van der Waals surface area contributed by atoms with Crippen molar-refractivity contribution in [2.24, 2.45) is 11.8 Å². The molecule has 2 saturated heterocycles. The fourth-order valence-electron chi connectivity index (χ4n) is 3.74. The fraction of sp³-hybridized carbons (Fsp3) is 0.882. The molecule has 3 fully saturated rings. The third-order valence-corrected chi connectivity index (χ3v) is 5.54. The number of carbonyl (C=O) groups excluding carboxylic acids is 2. The Kier molecular flexibility index (Phi) is 4.92. The Labute approximate surface area is 138 Å². The van der Waals surface area contributed by atoms with Crippen LogP contribution in [0.1, 0.15) is 39.5 Å². The Balaban J connectivity index is 1.52. The van der Waals surface area contributed by atoms with Crippen molar-refractivity contribution in [3.63, 3.8) is 0 Å². The van der Waals surface area contributed by atoms with Gasteiger partial charge in [0.05, 0.1) is 6.61 Å². The number of nitrogens with zero attached hydrogens (tertiary/aromatic N) is 2. The molecule has 1 aliphatic carbocycles. The first-order valence-corrected chi connectivity index (χ1v) is 8.98. The molecule has 2 aliphatic heterocycles. The molecule has 3 aliphatic rings. The quantitative estimate of drug-likeness (QED) is 0.569. The zero-order valence-electron chi connectivity index (χ0n) is 14.3. The number of urea groups is 1. The number of rotatable bonds is 7. The molecule has 0 aromatic rings. The smallest absolute Gasteiger partial charge is 0.325 e. The van der Waals surface area contributed by atoms with E-state index in [4.69, 9.17) is 4.74 Å². The molecule has 130 valence electrons. The summed E-state index contributed by atoms with van der Waals surface area (Å²) in [5.41, 5.74) is -0.749. The average Bonchev–Trinajstić information content (AvgIpc) is 3.33. The topological polar surface area (TPSA) is 61.9 Å². The maximum Gasteiger partial charge on any atom is 0.325 e. The summed E-state index contributed by atoms with van der Waals surface area (Å²) in [7, 11) is 0. The van der Waals surface area contributed by atoms with Crippen LogP contribution in [0.25, 0.3) is 0 Å². The minimum absolute atomic E-state index is 0.0677. The number of amides is 3. The molecular formula is C17H29N3O3. The molecular weight excluding hydrogens is 294 g/mol. The van der Waals surface area contributed by atoms with Crippen molar-refractivity contribution in [1.82, 2.24) is 15.1 Å². The van der Waals surface area contributed by atoms with Gasteiger partial charge in [0, 0.05) is 32.2 Å². The van der Waals surface area contributed by atoms with E-state index in [0.717, 1.165) is 51.6 Å². The molecule has 3 rings (SSSR count). The first-order chi connectivity index (χ1) is 11.0. The third-order valence-electron chi connectivity index (χ3n) is 5.54. The van der Waals surface area contributed by atoms with Crippen LogP contribution in [-0.2, 0) is 9.53 Å². The van der Waals surface area contributed by atoms with Crippen LogP contribution in [0.5, 0.6) is 0 Å². The normalized spacial score (nSPS) is 32.4. The van der Waals surface area contributed by atoms with Crippen LogP contribution in [0.2, 0.25) is 0 Å². The predicted molar refractivity (Wildman–Crippen MR) is 87.0 cm³/mol. The molecule has 1 N–H and O–H groups in total. The number of hydrogen-bond donors (Lipinski definition) is 1. The summed E-state index contributed by atoms with van der Waals surface area (Å²) >= 11 is 0. The number of carbonyl (C=O) groups is 2. The number of likely N-dealkylation sites (tertiary alicyclic amines) is 1. The van der Waals surface area contributed by atoms with E-state index < -0.39 is 5.54 Å². The van der Waals surface area contributed by atoms with Gasteiger partial charge >= 0.3 is 6.03 Å². The summed E-state index contributed by atoms with van der Waals surface area (Å²) in [5.74, 6) is 0.906. The molecule has 0 spiro atoms. The molecule has 6 nitrogen and oxygen atoms in total. The molecule has 23 heavy (non-hydrogen) atoms. The predicted octanol–water partition coefficient (Wildman–Crippen LogP) is 1.46. The molecule has 1 saturated carbocycles. The summed E-state index contributed by atoms with van der Waals surface area (Å²) in [6, 6.07) is -0.245. The van der Waals surface area contributed by atoms with Gasteiger partial charge in [-0.3, -0.25) is 9.69 Å². The Hall–Kier alpha value is -1.14. The molecule has 3 amide bonds. The zero-order chi connectivity index (χ0) is 16.4. The maximum absolute atomic E-state index is 12.6. The largest absolute Gasteiger partial charge is 0.380 e. The Morgan fingerprint density at radius 1 is 1.30 bits per heavy atom. The van der Waals surface area contributed by atoms with Gasteiger partial charge < -0.3 is 15.0 Å². The van der Waals surface area contributed by atoms with E-state index in [2.05, 4.69) is 10.2 Å². The standard InChI is InChI=1S/C17H29N3O3/c1-3-20-15(21)17(2,18-16(20)22)14-5-4-8-19(11-14)9-10-23-12-13-6-7-13/h13-14H,3-12H2,1-2H3,(H,18,22)/t14-,17-/m0/s1. The number of imide groups is 1. The van der Waals surface area contributed by atoms with Gasteiger partial charge in [-0.25, -0.2) is 4.79 Å². The lowest BCUT2D eigenvalue weighted by molar-refractivity contribution is -0.133. The van der Waals surface area contributed by atoms with E-state index >= 15 is 0 Å². The van der Waals surface area contributed by atoms with Crippen LogP contribution in [0, 0.1) is 11.8 Å². The number of ether oxygens (including phenoxy) is 1. The highest BCUT2D eigenvalue weighted by molar-refractivity contribution is 6.07. The van der Waals surface area contributed by atoms with Gasteiger partial charge in [-0.1, -0.05) is 0 Å². The van der Waals surface area contributed by atoms with Crippen molar-refractivity contribution in [3.8, 4) is 0 Å². The maximum atomic E-state index is 12.6. The highest BCUT2D eigenvalue weighted by Crippen LogP contribution is 2.32. The Bertz CT molecular complexity index is 466. The number of nitrogens with one attached hydrogen (secondary N) is 1. The van der Waals surface area contributed by atoms with Crippen LogP contribution in [0.15, 0.2) is 0 Å². The lowest BCUT2D eigenvalue weighted by Crippen LogP contribution is -2.56. The first-order valence-electron chi connectivity index (χ1n) is 8.98. The second kappa shape index (κ2) is 6.77. The van der Waals surface area contributed by atoms with Crippen molar-refractivity contribution in [2.45, 2.75) is 45.1 Å². The van der Waals surface area contributed by atoms with E-state index in [1.807, 2.05) is 13.8 Å². The Morgan fingerprint density at radius 3 is 2.74 bits per heavy atom. The van der Waals surface area contributed by atoms with Gasteiger partial charge in [-0.2, -0.15) is 0 Å². The van der Waals surface area contributed by atoms with E-state index in [1.165, 1.54) is 17.7 Å². The summed E-state index contributed by atoms with van der Waals surface area (Å²) in [6.07, 6.45) is 4.69. The number of piperidine rings is 1. The third kappa shape index (κ3) is 3.53. The summed E-state index contributed by atoms with van der Waals surface area (Å²) in [6.45, 7) is 8.65. The van der Waals surface area contributed by atoms with Gasteiger partial charge in [0.2, 0.25) is 0 Å². The second-order valence-electron chi connectivity index (χ2n) is 7.34. The molecule has 0 unspecified atom stereocenters. The highest BCUT2D eigenvalue weighted by atomic mass is 16.5. The molecule has 0 aromatic heterocycles. The SMILES string of the molecule is CCN1C(=O)N[C@@](C)([C@H]2CCCN(CCOCC3CC3)C2)C1=O. The van der Waals surface area contributed by atoms with Gasteiger partial charge in [0.25, 0.3) is 5.91 Å². The lowest BCUT2D eigenvalue weighted by atomic mass is 9.80. The summed E-state index contributed by atoms with van der Waals surface area (Å²) < 4.78 is 5.73. The van der Waals surface area contributed by atoms with Crippen molar-refractivity contribution in [2.75, 3.05) is 39.4 Å². The molecule has 0 radical (unpaired) electrons. The van der Waals surface area contributed by atoms with E-state index in [9.17, 15) is 9.59 Å². The molecule has 0 aromatic carbocycles. The number of hydrogen-bond acceptors (Lipinski definition) is 4. The minimum Gasteiger partial charge on any atom is -0.380 e. The van der Waals surface area contributed by atoms with Crippen molar-refractivity contribution >= 4 is 11.9 Å². The second-order valence-corrected chi connectivity index (χ2v) is 7.34. The lowest BCUT2D eigenvalue weighted by Gasteiger charge is -2.39. The minimum atomic E-state index is -0.749. The van der Waals surface area contributed by atoms with Gasteiger partial charge in [0.15, 0.2) is 0 Å². The Morgan fingerprint density at radius 2 is 2.09 bits per heavy atom. The van der Waals surface area contributed by atoms with Gasteiger partial charge in [0.1, 0.15) is 5.54 Å². The molecule has 2 heterocycles. The van der Waals surface area contributed by atoms with Gasteiger partial charge in [-0.15, -0.1) is 0 Å². The number of likely N-dealkylation sites (N-methyl/N-ethyl adjacent to an activating group) is 1. The zero-order valence-corrected chi connectivity index (χ0v) is 14.3. The first kappa shape index (κ1) is 16.7. The van der Waals surface area contributed by atoms with E-state index in [1.54, 1.807) is 0 Å². The monoisotopic (exact) mass is 323 g/mol. The van der Waals surface area contributed by atoms with Crippen LogP contribution < -0.4 is 5.32 Å². The van der Waals surface area contributed by atoms with Gasteiger partial charge in [-0.05, 0) is 52.0 Å². The van der Waals surface area contributed by atoms with Crippen molar-refractivity contribution in [1.29, 1.82) is 0 Å². The van der Waals surface area contributed by atoms with Crippen LogP contribution >= 0.6 is 0 Å². The fourth-order valence-corrected chi connectivity index (χ4v) is 3.74. The highest BCUT2D eigenvalue weighted by Gasteiger charge is 2.52. The summed E-state index contributed by atoms with van der Waals surface area (Å²) in [5, 5.41) is 2.94. The summed E-state index contributed by atoms with van der Waals surface area (Å²) in [4.78, 5) is 28.3. The van der Waals surface area contributed by atoms with E-state index in [-0.39, 0.29) is 17.9 Å². The molecule has 2 atom stereocenters. The van der Waals surface area contributed by atoms with E-state index in [0.29, 0.717) is 6.54 Å². The van der Waals surface area contributed by atoms with Crippen LogP contribution in [0.4, 0.5) is 4.79 Å². The van der Waals surface area contributed by atoms with Crippen LogP contribution in [-0.4, -0.2) is 66.7 Å². The molecule has 0 bridgehead atoms. The van der Waals surface area contributed by atoms with Crippen molar-refractivity contribution < 1.29 is 14.3 Å². The van der Waals surface area contributed by atoms with Crippen molar-refractivity contribution in [3.05, 3.63) is 0 Å². The molecule has 6 heteroatoms.